The van der Waals surface area contributed by atoms with E-state index in [4.69, 9.17) is 56.4 Å². The lowest BCUT2D eigenvalue weighted by molar-refractivity contribution is 1.12. The number of aromatic nitrogens is 6. The van der Waals surface area contributed by atoms with Crippen LogP contribution in [-0.2, 0) is 0 Å². The van der Waals surface area contributed by atoms with Gasteiger partial charge in [0.1, 0.15) is 20.6 Å². The van der Waals surface area contributed by atoms with Crippen molar-refractivity contribution in [2.45, 2.75) is 0 Å². The maximum atomic E-state index is 5.96. The number of pyridine rings is 4. The molecule has 0 spiro atoms. The number of hydrogen-bond acceptors (Lipinski definition) is 6. The van der Waals surface area contributed by atoms with Crippen LogP contribution in [0.15, 0.2) is 73.3 Å². The molecule has 206 valence electrons. The van der Waals surface area contributed by atoms with E-state index in [1.165, 1.54) is 0 Å². The quantitative estimate of drug-likeness (QED) is 0.159. The van der Waals surface area contributed by atoms with Gasteiger partial charge in [-0.1, -0.05) is 95.0 Å². The molecule has 0 amide bonds. The summed E-state index contributed by atoms with van der Waals surface area (Å²) in [4.78, 5) is 26.6. The lowest BCUT2D eigenvalue weighted by Crippen LogP contribution is -2.00. The molecule has 0 fully saturated rings. The monoisotopic (exact) mass is 628 g/mol. The Morgan fingerprint density at radius 2 is 0.571 bits per heavy atom. The highest BCUT2D eigenvalue weighted by molar-refractivity contribution is 6.30. The van der Waals surface area contributed by atoms with Gasteiger partial charge in [0.05, 0.1) is 22.8 Å². The lowest BCUT2D eigenvalue weighted by Gasteiger charge is -2.07. The van der Waals surface area contributed by atoms with E-state index in [0.29, 0.717) is 43.4 Å². The fourth-order valence-electron chi connectivity index (χ4n) is 3.62. The molecule has 0 aliphatic carbocycles. The molecule has 0 aromatic carbocycles. The van der Waals surface area contributed by atoms with Crippen molar-refractivity contribution < 1.29 is 0 Å². The van der Waals surface area contributed by atoms with Crippen LogP contribution in [0, 0.1) is 0 Å². The summed E-state index contributed by atoms with van der Waals surface area (Å²) in [7, 11) is 0. The Hall–Kier alpha value is -4.20. The topological polar surface area (TPSA) is 77.3 Å². The Bertz CT molecular complexity index is 1520. The van der Waals surface area contributed by atoms with Gasteiger partial charge in [-0.2, -0.15) is 0 Å². The number of halogens is 4. The number of rotatable bonds is 8. The first-order valence-electron chi connectivity index (χ1n) is 12.5. The molecule has 0 atom stereocenters. The zero-order valence-electron chi connectivity index (χ0n) is 21.7. The van der Waals surface area contributed by atoms with Crippen LogP contribution in [0.4, 0.5) is 0 Å². The minimum atomic E-state index is 0.420. The van der Waals surface area contributed by atoms with E-state index in [0.717, 1.165) is 22.3 Å². The molecule has 5 aromatic rings. The zero-order chi connectivity index (χ0) is 29.3. The first-order valence-corrected chi connectivity index (χ1v) is 14.0. The summed E-state index contributed by atoms with van der Waals surface area (Å²) in [6, 6.07) is 14.4. The van der Waals surface area contributed by atoms with Crippen molar-refractivity contribution in [1.82, 2.24) is 29.9 Å². The van der Waals surface area contributed by atoms with E-state index < -0.39 is 0 Å². The molecule has 6 nitrogen and oxygen atoms in total. The fraction of sp³-hybridized carbons (Fsp3) is 0. The molecule has 42 heavy (non-hydrogen) atoms. The van der Waals surface area contributed by atoms with Crippen molar-refractivity contribution in [2.75, 3.05) is 0 Å². The highest BCUT2D eigenvalue weighted by atomic mass is 35.5. The standard InChI is InChI=1S/C32H20Cl4N6/c33-29-13-5-21(17-37-29)1-9-25-26(10-2-22-6-14-30(34)38-18-22)42-28(12-4-24-8-16-32(36)40-20-24)27(41-25)11-3-23-7-15-31(35)39-19-23/h1-20H. The highest BCUT2D eigenvalue weighted by Gasteiger charge is 2.09. The van der Waals surface area contributed by atoms with Gasteiger partial charge in [0, 0.05) is 24.8 Å². The molecule has 0 aliphatic rings. The van der Waals surface area contributed by atoms with Gasteiger partial charge in [-0.3, -0.25) is 0 Å². The van der Waals surface area contributed by atoms with E-state index in [1.54, 1.807) is 49.1 Å². The Morgan fingerprint density at radius 3 is 0.762 bits per heavy atom. The molecule has 0 aliphatic heterocycles. The van der Waals surface area contributed by atoms with Gasteiger partial charge in [-0.25, -0.2) is 29.9 Å². The van der Waals surface area contributed by atoms with Crippen LogP contribution >= 0.6 is 46.4 Å². The van der Waals surface area contributed by atoms with Crippen molar-refractivity contribution in [3.8, 4) is 0 Å². The van der Waals surface area contributed by atoms with E-state index in [-0.39, 0.29) is 0 Å². The molecule has 10 heteroatoms. The maximum absolute atomic E-state index is 5.96. The minimum Gasteiger partial charge on any atom is -0.245 e. The summed E-state index contributed by atoms with van der Waals surface area (Å²) < 4.78 is 0. The third kappa shape index (κ3) is 8.41. The van der Waals surface area contributed by atoms with Crippen molar-refractivity contribution in [2.24, 2.45) is 0 Å². The van der Waals surface area contributed by atoms with Crippen molar-refractivity contribution in [1.29, 1.82) is 0 Å². The number of hydrogen-bond donors (Lipinski definition) is 0. The van der Waals surface area contributed by atoms with Gasteiger partial charge >= 0.3 is 0 Å². The van der Waals surface area contributed by atoms with E-state index >= 15 is 0 Å². The average molecular weight is 630 g/mol. The van der Waals surface area contributed by atoms with Crippen LogP contribution in [0.3, 0.4) is 0 Å². The molecule has 0 saturated carbocycles. The molecule has 5 aromatic heterocycles. The van der Waals surface area contributed by atoms with Gasteiger partial charge in [0.25, 0.3) is 0 Å². The van der Waals surface area contributed by atoms with E-state index in [2.05, 4.69) is 19.9 Å². The third-order valence-corrected chi connectivity index (χ3v) is 6.64. The lowest BCUT2D eigenvalue weighted by atomic mass is 10.1. The summed E-state index contributed by atoms with van der Waals surface area (Å²) in [5, 5.41) is 1.68. The van der Waals surface area contributed by atoms with Gasteiger partial charge < -0.3 is 0 Å². The summed E-state index contributed by atoms with van der Waals surface area (Å²) >= 11 is 23.8. The molecule has 0 radical (unpaired) electrons. The zero-order valence-corrected chi connectivity index (χ0v) is 24.8. The van der Waals surface area contributed by atoms with E-state index in [9.17, 15) is 0 Å². The van der Waals surface area contributed by atoms with Crippen LogP contribution < -0.4 is 0 Å². The second-order valence-electron chi connectivity index (χ2n) is 8.75. The first-order chi connectivity index (χ1) is 20.4. The van der Waals surface area contributed by atoms with Gasteiger partial charge in [0.2, 0.25) is 0 Å². The third-order valence-electron chi connectivity index (χ3n) is 5.74. The number of nitrogens with zero attached hydrogens (tertiary/aromatic N) is 6. The summed E-state index contributed by atoms with van der Waals surface area (Å²) in [5.41, 5.74) is 6.01. The average Bonchev–Trinajstić information content (AvgIpc) is 3.00. The molecule has 0 unspecified atom stereocenters. The van der Waals surface area contributed by atoms with Gasteiger partial charge in [0.15, 0.2) is 0 Å². The SMILES string of the molecule is Clc1ccc(C=Cc2nc(C=Cc3ccc(Cl)nc3)c(C=Cc3ccc(Cl)nc3)nc2C=Cc2ccc(Cl)nc2)cn1. The van der Waals surface area contributed by atoms with Gasteiger partial charge in [-0.15, -0.1) is 0 Å². The molecule has 5 heterocycles. The van der Waals surface area contributed by atoms with Crippen LogP contribution in [-0.4, -0.2) is 29.9 Å². The summed E-state index contributed by atoms with van der Waals surface area (Å²) in [6.45, 7) is 0. The smallest absolute Gasteiger partial charge is 0.129 e. The second kappa shape index (κ2) is 14.1. The first kappa shape index (κ1) is 29.3. The van der Waals surface area contributed by atoms with Crippen LogP contribution in [0.5, 0.6) is 0 Å². The largest absolute Gasteiger partial charge is 0.245 e. The molecule has 0 saturated heterocycles. The molecule has 5 rings (SSSR count). The maximum Gasteiger partial charge on any atom is 0.129 e. The molecule has 0 bridgehead atoms. The van der Waals surface area contributed by atoms with Crippen molar-refractivity contribution in [3.63, 3.8) is 0 Å². The van der Waals surface area contributed by atoms with Gasteiger partial charge in [-0.05, 0) is 70.8 Å². The normalized spacial score (nSPS) is 11.9. The molecule has 0 N–H and O–H groups in total. The summed E-state index contributed by atoms with van der Waals surface area (Å²) in [5.74, 6) is 0. The highest BCUT2D eigenvalue weighted by Crippen LogP contribution is 2.21. The van der Waals surface area contributed by atoms with Crippen LogP contribution in [0.1, 0.15) is 45.0 Å². The van der Waals surface area contributed by atoms with Crippen LogP contribution in [0.25, 0.3) is 48.6 Å². The molecular weight excluding hydrogens is 610 g/mol. The van der Waals surface area contributed by atoms with Crippen LogP contribution in [0.2, 0.25) is 20.6 Å². The van der Waals surface area contributed by atoms with Crippen molar-refractivity contribution in [3.05, 3.63) is 139 Å². The summed E-state index contributed by atoms with van der Waals surface area (Å²) in [6.07, 6.45) is 21.9. The Labute approximate surface area is 262 Å². The van der Waals surface area contributed by atoms with Crippen molar-refractivity contribution >= 4 is 95.0 Å². The Morgan fingerprint density at radius 1 is 0.333 bits per heavy atom. The fourth-order valence-corrected chi connectivity index (χ4v) is 4.07. The predicted molar refractivity (Wildman–Crippen MR) is 175 cm³/mol. The molecular formula is C32H20Cl4N6. The van der Waals surface area contributed by atoms with E-state index in [1.807, 2.05) is 72.9 Å². The minimum absolute atomic E-state index is 0.420. The Balaban J connectivity index is 1.60. The second-order valence-corrected chi connectivity index (χ2v) is 10.3. The Kier molecular flexibility index (Phi) is 9.85. The predicted octanol–water partition coefficient (Wildman–Crippen LogP) is 9.35.